The molecule has 0 spiro atoms. The Balaban J connectivity index is 2.12. The maximum absolute atomic E-state index is 12.2. The summed E-state index contributed by atoms with van der Waals surface area (Å²) in [6.07, 6.45) is 0. The monoisotopic (exact) mass is 423 g/mol. The van der Waals surface area contributed by atoms with Gasteiger partial charge in [-0.1, -0.05) is 6.07 Å². The van der Waals surface area contributed by atoms with E-state index >= 15 is 0 Å². The van der Waals surface area contributed by atoms with Gasteiger partial charge in [0.2, 0.25) is 0 Å². The number of nitro benzene ring substituents is 1. The first-order chi connectivity index (χ1) is 11.8. The fourth-order valence-electron chi connectivity index (χ4n) is 1.86. The highest BCUT2D eigenvalue weighted by molar-refractivity contribution is 9.10. The number of hydrogen-bond acceptors (Lipinski definition) is 5. The molecule has 2 aromatic carbocycles. The Hall–Kier alpha value is -2.85. The number of non-ortho nitro benzene ring substituents is 1. The summed E-state index contributed by atoms with van der Waals surface area (Å²) in [4.78, 5) is 33.4. The van der Waals surface area contributed by atoms with Gasteiger partial charge in [-0.15, -0.1) is 0 Å². The van der Waals surface area contributed by atoms with Crippen molar-refractivity contribution in [2.75, 3.05) is 5.32 Å². The molecule has 25 heavy (non-hydrogen) atoms. The molecule has 0 atom stereocenters. The minimum atomic E-state index is -1.10. The number of carboxylic acids is 1. The molecule has 0 saturated heterocycles. The standard InChI is InChI=1S/C15H10BrN3O5S/c16-12-5-4-10(19(23)24)7-11(12)13(20)18-15(25)17-9-3-1-2-8(6-9)14(21)22/h1-7H,(H,21,22)(H2,17,18,20,25). The Morgan fingerprint density at radius 1 is 1.20 bits per heavy atom. The van der Waals surface area contributed by atoms with Gasteiger partial charge in [-0.2, -0.15) is 0 Å². The molecule has 0 saturated carbocycles. The van der Waals surface area contributed by atoms with Crippen molar-refractivity contribution in [3.63, 3.8) is 0 Å². The van der Waals surface area contributed by atoms with E-state index < -0.39 is 16.8 Å². The number of carbonyl (C=O) groups is 2. The summed E-state index contributed by atoms with van der Waals surface area (Å²) in [5, 5.41) is 24.7. The van der Waals surface area contributed by atoms with Gasteiger partial charge >= 0.3 is 5.97 Å². The number of thiocarbonyl (C=S) groups is 1. The molecular formula is C15H10BrN3O5S. The van der Waals surface area contributed by atoms with E-state index in [1.54, 1.807) is 6.07 Å². The van der Waals surface area contributed by atoms with Crippen molar-refractivity contribution in [2.45, 2.75) is 0 Å². The summed E-state index contributed by atoms with van der Waals surface area (Å²) in [5.41, 5.74) is 0.239. The average Bonchev–Trinajstić information content (AvgIpc) is 2.54. The van der Waals surface area contributed by atoms with Gasteiger partial charge in [-0.05, 0) is 52.4 Å². The predicted molar refractivity (Wildman–Crippen MR) is 97.9 cm³/mol. The summed E-state index contributed by atoms with van der Waals surface area (Å²) < 4.78 is 0.367. The van der Waals surface area contributed by atoms with E-state index in [1.807, 2.05) is 0 Å². The fourth-order valence-corrected chi connectivity index (χ4v) is 2.50. The molecule has 0 heterocycles. The van der Waals surface area contributed by atoms with Crippen molar-refractivity contribution in [1.82, 2.24) is 5.32 Å². The summed E-state index contributed by atoms with van der Waals surface area (Å²) in [7, 11) is 0. The maximum Gasteiger partial charge on any atom is 0.335 e. The van der Waals surface area contributed by atoms with Crippen molar-refractivity contribution < 1.29 is 19.6 Å². The molecule has 2 rings (SSSR count). The van der Waals surface area contributed by atoms with Gasteiger partial charge < -0.3 is 10.4 Å². The lowest BCUT2D eigenvalue weighted by Crippen LogP contribution is -2.34. The highest BCUT2D eigenvalue weighted by atomic mass is 79.9. The first kappa shape index (κ1) is 18.5. The first-order valence-electron chi connectivity index (χ1n) is 6.67. The number of carbonyl (C=O) groups excluding carboxylic acids is 1. The quantitative estimate of drug-likeness (QED) is 0.392. The molecular weight excluding hydrogens is 414 g/mol. The Labute approximate surface area is 155 Å². The molecule has 2 aromatic rings. The Morgan fingerprint density at radius 2 is 1.92 bits per heavy atom. The molecule has 10 heteroatoms. The van der Waals surface area contributed by atoms with E-state index in [2.05, 4.69) is 26.6 Å². The molecule has 0 aliphatic heterocycles. The molecule has 128 valence electrons. The molecule has 0 bridgehead atoms. The van der Waals surface area contributed by atoms with E-state index in [9.17, 15) is 19.7 Å². The normalized spacial score (nSPS) is 9.96. The lowest BCUT2D eigenvalue weighted by atomic mass is 10.2. The molecule has 0 aliphatic rings. The minimum Gasteiger partial charge on any atom is -0.478 e. The average molecular weight is 424 g/mol. The van der Waals surface area contributed by atoms with E-state index in [-0.39, 0.29) is 21.9 Å². The van der Waals surface area contributed by atoms with Crippen LogP contribution in [-0.4, -0.2) is 27.0 Å². The smallest absolute Gasteiger partial charge is 0.335 e. The minimum absolute atomic E-state index is 0.0395. The zero-order chi connectivity index (χ0) is 18.6. The largest absolute Gasteiger partial charge is 0.478 e. The number of halogens is 1. The number of nitrogens with one attached hydrogen (secondary N) is 2. The van der Waals surface area contributed by atoms with Crippen molar-refractivity contribution in [3.05, 3.63) is 68.2 Å². The second kappa shape index (κ2) is 7.81. The SMILES string of the molecule is O=C(O)c1cccc(NC(=S)NC(=O)c2cc([N+](=O)[O-])ccc2Br)c1. The Kier molecular flexibility index (Phi) is 5.78. The van der Waals surface area contributed by atoms with Crippen LogP contribution in [0.2, 0.25) is 0 Å². The third kappa shape index (κ3) is 4.81. The van der Waals surface area contributed by atoms with Crippen LogP contribution in [0.1, 0.15) is 20.7 Å². The second-order valence-electron chi connectivity index (χ2n) is 4.72. The van der Waals surface area contributed by atoms with Crippen LogP contribution >= 0.6 is 28.1 Å². The van der Waals surface area contributed by atoms with E-state index in [1.165, 1.54) is 30.3 Å². The van der Waals surface area contributed by atoms with Gasteiger partial charge in [0.15, 0.2) is 5.11 Å². The summed E-state index contributed by atoms with van der Waals surface area (Å²) in [6, 6.07) is 9.63. The number of anilines is 1. The lowest BCUT2D eigenvalue weighted by Gasteiger charge is -2.11. The molecule has 0 aromatic heterocycles. The number of benzene rings is 2. The molecule has 8 nitrogen and oxygen atoms in total. The van der Waals surface area contributed by atoms with Crippen molar-refractivity contribution in [3.8, 4) is 0 Å². The second-order valence-corrected chi connectivity index (χ2v) is 5.98. The van der Waals surface area contributed by atoms with Crippen LogP contribution < -0.4 is 10.6 Å². The van der Waals surface area contributed by atoms with Gasteiger partial charge in [0.25, 0.3) is 11.6 Å². The zero-order valence-corrected chi connectivity index (χ0v) is 14.8. The summed E-state index contributed by atoms with van der Waals surface area (Å²) in [6.45, 7) is 0. The third-order valence-corrected chi connectivity index (χ3v) is 3.90. The van der Waals surface area contributed by atoms with E-state index in [4.69, 9.17) is 17.3 Å². The maximum atomic E-state index is 12.2. The number of nitrogens with zero attached hydrogens (tertiary/aromatic N) is 1. The van der Waals surface area contributed by atoms with Gasteiger partial charge in [-0.3, -0.25) is 20.2 Å². The van der Waals surface area contributed by atoms with Crippen LogP contribution in [0.25, 0.3) is 0 Å². The number of hydrogen-bond donors (Lipinski definition) is 3. The Morgan fingerprint density at radius 3 is 2.56 bits per heavy atom. The van der Waals surface area contributed by atoms with Crippen molar-refractivity contribution in [1.29, 1.82) is 0 Å². The molecule has 0 radical (unpaired) electrons. The Bertz CT molecular complexity index is 887. The number of carboxylic acid groups (broad SMARTS) is 1. The van der Waals surface area contributed by atoms with Gasteiger partial charge in [0.05, 0.1) is 16.1 Å². The van der Waals surface area contributed by atoms with Crippen molar-refractivity contribution >= 4 is 56.5 Å². The fraction of sp³-hybridized carbons (Fsp3) is 0. The lowest BCUT2D eigenvalue weighted by molar-refractivity contribution is -0.384. The van der Waals surface area contributed by atoms with E-state index in [0.717, 1.165) is 6.07 Å². The molecule has 0 aliphatic carbocycles. The number of aromatic carboxylic acids is 1. The molecule has 0 fully saturated rings. The molecule has 0 unspecified atom stereocenters. The van der Waals surface area contributed by atoms with Gasteiger partial charge in [0, 0.05) is 22.3 Å². The van der Waals surface area contributed by atoms with Crippen LogP contribution in [-0.2, 0) is 0 Å². The van der Waals surface area contributed by atoms with Crippen LogP contribution in [0.4, 0.5) is 11.4 Å². The third-order valence-electron chi connectivity index (χ3n) is 3.00. The predicted octanol–water partition coefficient (Wildman–Crippen LogP) is 3.18. The van der Waals surface area contributed by atoms with Crippen LogP contribution in [0, 0.1) is 10.1 Å². The number of nitro groups is 1. The summed E-state index contributed by atoms with van der Waals surface area (Å²) in [5.74, 6) is -1.75. The topological polar surface area (TPSA) is 122 Å². The summed E-state index contributed by atoms with van der Waals surface area (Å²) >= 11 is 8.16. The molecule has 1 amide bonds. The molecule has 3 N–H and O–H groups in total. The van der Waals surface area contributed by atoms with Crippen LogP contribution in [0.15, 0.2) is 46.9 Å². The first-order valence-corrected chi connectivity index (χ1v) is 7.87. The highest BCUT2D eigenvalue weighted by Gasteiger charge is 2.16. The number of amides is 1. The van der Waals surface area contributed by atoms with Gasteiger partial charge in [0.1, 0.15) is 0 Å². The van der Waals surface area contributed by atoms with Crippen molar-refractivity contribution in [2.24, 2.45) is 0 Å². The van der Waals surface area contributed by atoms with Crippen LogP contribution in [0.5, 0.6) is 0 Å². The van der Waals surface area contributed by atoms with E-state index in [0.29, 0.717) is 10.2 Å². The van der Waals surface area contributed by atoms with Gasteiger partial charge in [-0.25, -0.2) is 4.79 Å². The number of rotatable bonds is 4. The highest BCUT2D eigenvalue weighted by Crippen LogP contribution is 2.22. The van der Waals surface area contributed by atoms with Crippen LogP contribution in [0.3, 0.4) is 0 Å². The zero-order valence-electron chi connectivity index (χ0n) is 12.4.